The van der Waals surface area contributed by atoms with Crippen LogP contribution in [0.15, 0.2) is 36.5 Å². The summed E-state index contributed by atoms with van der Waals surface area (Å²) in [7, 11) is 0. The van der Waals surface area contributed by atoms with Gasteiger partial charge in [0.2, 0.25) is 0 Å². The number of hydrogen-bond donors (Lipinski definition) is 4. The third-order valence-electron chi connectivity index (χ3n) is 3.14. The summed E-state index contributed by atoms with van der Waals surface area (Å²) >= 11 is 0. The predicted molar refractivity (Wildman–Crippen MR) is 88.2 cm³/mol. The molecule has 0 spiro atoms. The zero-order chi connectivity index (χ0) is 24.4. The predicted octanol–water partition coefficient (Wildman–Crippen LogP) is 0.874. The van der Waals surface area contributed by atoms with Gasteiger partial charge in [0.25, 0.3) is 0 Å². The summed E-state index contributed by atoms with van der Waals surface area (Å²) in [6.45, 7) is 0.561. The van der Waals surface area contributed by atoms with Crippen molar-refractivity contribution in [2.45, 2.75) is 31.4 Å². The molecule has 0 radical (unpaired) electrons. The van der Waals surface area contributed by atoms with Crippen molar-refractivity contribution >= 4 is 28.8 Å². The molecule has 172 valence electrons. The van der Waals surface area contributed by atoms with Crippen molar-refractivity contribution in [2.75, 3.05) is 0 Å². The zero-order valence-corrected chi connectivity index (χ0v) is 15.4. The number of aliphatic carboxylic acids is 3. The van der Waals surface area contributed by atoms with Crippen LogP contribution in [-0.4, -0.2) is 56.7 Å². The summed E-state index contributed by atoms with van der Waals surface area (Å²) in [5.41, 5.74) is 4.48. The molecule has 0 saturated heterocycles. The van der Waals surface area contributed by atoms with Crippen molar-refractivity contribution in [1.82, 2.24) is 5.10 Å². The molecule has 0 aliphatic rings. The molecular weight excluding hydrogens is 444 g/mol. The highest BCUT2D eigenvalue weighted by molar-refractivity contribution is 5.76. The Bertz CT molecular complexity index is 879. The number of hydrogen-bond acceptors (Lipinski definition) is 4. The highest BCUT2D eigenvalue weighted by Gasteiger charge is 2.38. The fraction of sp³-hybridized carbons (Fsp3) is 0.312. The van der Waals surface area contributed by atoms with Gasteiger partial charge < -0.3 is 21.1 Å². The van der Waals surface area contributed by atoms with E-state index in [0.29, 0.717) is 13.0 Å². The molecule has 0 fully saturated rings. The fourth-order valence-corrected chi connectivity index (χ4v) is 1.59. The van der Waals surface area contributed by atoms with E-state index in [0.717, 1.165) is 10.9 Å². The second kappa shape index (κ2) is 11.6. The van der Waals surface area contributed by atoms with E-state index < -0.39 is 36.3 Å². The average molecular weight is 461 g/mol. The highest BCUT2D eigenvalue weighted by atomic mass is 19.4. The van der Waals surface area contributed by atoms with E-state index in [1.54, 1.807) is 4.68 Å². The Kier molecular flexibility index (Phi) is 10.3. The van der Waals surface area contributed by atoms with Gasteiger partial charge in [-0.1, -0.05) is 22.9 Å². The number of rotatable bonds is 4. The van der Waals surface area contributed by atoms with Crippen LogP contribution in [0.5, 0.6) is 0 Å². The molecule has 0 aliphatic carbocycles. The minimum Gasteiger partial charge on any atom is -0.477 e. The molecule has 1 heterocycles. The quantitative estimate of drug-likeness (QED) is 0.389. The van der Waals surface area contributed by atoms with Crippen LogP contribution in [0.2, 0.25) is 0 Å². The topological polar surface area (TPSA) is 156 Å². The van der Waals surface area contributed by atoms with E-state index >= 15 is 0 Å². The lowest BCUT2D eigenvalue weighted by Crippen LogP contribution is -2.66. The van der Waals surface area contributed by atoms with E-state index in [2.05, 4.69) is 10.8 Å². The number of aryl methyl sites for hydroxylation is 1. The summed E-state index contributed by atoms with van der Waals surface area (Å²) in [5, 5.41) is 28.5. The number of carboxylic acids is 3. The first kappa shape index (κ1) is 27.5. The number of halogens is 6. The number of fused-ring (bicyclic) bond motifs is 1. The van der Waals surface area contributed by atoms with Gasteiger partial charge in [-0.15, -0.1) is 0 Å². The van der Waals surface area contributed by atoms with E-state index in [4.69, 9.17) is 24.9 Å². The first-order chi connectivity index (χ1) is 14.1. The van der Waals surface area contributed by atoms with Crippen LogP contribution in [0.25, 0.3) is 10.9 Å². The first-order valence-corrected chi connectivity index (χ1v) is 7.97. The van der Waals surface area contributed by atoms with Gasteiger partial charge in [-0.3, -0.25) is 0 Å². The Morgan fingerprint density at radius 2 is 1.39 bits per heavy atom. The Balaban J connectivity index is 0.000000536. The number of carbonyl (C=O) groups is 3. The monoisotopic (exact) mass is 461 g/mol. The lowest BCUT2D eigenvalue weighted by Gasteiger charge is -1.99. The van der Waals surface area contributed by atoms with Crippen molar-refractivity contribution in [3.05, 3.63) is 36.5 Å². The van der Waals surface area contributed by atoms with Gasteiger partial charge in [0.05, 0.1) is 6.42 Å². The van der Waals surface area contributed by atoms with Crippen molar-refractivity contribution < 1.29 is 66.5 Å². The normalized spacial score (nSPS) is 12.0. The molecule has 31 heavy (non-hydrogen) atoms. The number of alkyl halides is 6. The van der Waals surface area contributed by atoms with Crippen LogP contribution in [-0.2, 0) is 20.9 Å². The molecule has 9 nitrogen and oxygen atoms in total. The molecule has 1 aromatic heterocycles. The third-order valence-corrected chi connectivity index (χ3v) is 3.14. The van der Waals surface area contributed by atoms with E-state index in [1.807, 2.05) is 36.5 Å². The molecule has 0 bridgehead atoms. The molecule has 0 saturated carbocycles. The number of benzene rings is 1. The fourth-order valence-electron chi connectivity index (χ4n) is 1.59. The lowest BCUT2D eigenvalue weighted by atomic mass is 10.2. The minimum atomic E-state index is -5.08. The van der Waals surface area contributed by atoms with Crippen LogP contribution in [0.3, 0.4) is 0 Å². The molecule has 15 heteroatoms. The van der Waals surface area contributed by atoms with Gasteiger partial charge in [-0.2, -0.15) is 26.3 Å². The van der Waals surface area contributed by atoms with Gasteiger partial charge in [-0.05, 0) is 6.07 Å². The second-order valence-electron chi connectivity index (χ2n) is 5.57. The third kappa shape index (κ3) is 11.3. The molecule has 6 N–H and O–H groups in total. The summed E-state index contributed by atoms with van der Waals surface area (Å²) in [4.78, 5) is 28.4. The molecule has 0 aliphatic heterocycles. The molecule has 2 rings (SSSR count). The average Bonchev–Trinajstić information content (AvgIpc) is 2.65. The summed E-state index contributed by atoms with van der Waals surface area (Å²) < 4.78 is 65.2. The number of quaternary nitrogens is 1. The van der Waals surface area contributed by atoms with Crippen molar-refractivity contribution in [2.24, 2.45) is 0 Å². The maximum Gasteiger partial charge on any atom is 0.490 e. The van der Waals surface area contributed by atoms with E-state index in [9.17, 15) is 31.1 Å². The molecular formula is C16H17F6N3O6+2. The van der Waals surface area contributed by atoms with Gasteiger partial charge in [-0.25, -0.2) is 14.4 Å². The van der Waals surface area contributed by atoms with Gasteiger partial charge >= 0.3 is 30.3 Å². The standard InChI is InChI=1S/C12H13N3O2.2C2HF3O2/c13-10(12(16)17)6-8-15-7-5-9-3-1-2-4-11(9)14-15;2*3-2(4,5)1(6)7/h1-5,7,10H,6,8,13H2;2*(H,6,7)/p+2/t10-;;/m1../s1. The second-order valence-corrected chi connectivity index (χ2v) is 5.57. The van der Waals surface area contributed by atoms with Gasteiger partial charge in [0.1, 0.15) is 5.52 Å². The highest BCUT2D eigenvalue weighted by Crippen LogP contribution is 2.13. The molecule has 0 unspecified atom stereocenters. The number of aromatic nitrogens is 2. The SMILES string of the molecule is O=C(O)C(F)(F)F.O=C(O)C(F)(F)F.[NH3+][C@H](CC[n+]1ccc2ccccc2n1)C(=O)O. The zero-order valence-electron chi connectivity index (χ0n) is 15.4. The number of nitrogens with zero attached hydrogens (tertiary/aromatic N) is 2. The van der Waals surface area contributed by atoms with Crippen LogP contribution in [0.1, 0.15) is 6.42 Å². The van der Waals surface area contributed by atoms with Crippen molar-refractivity contribution in [3.8, 4) is 0 Å². The number of carboxylic acid groups (broad SMARTS) is 3. The Morgan fingerprint density at radius 3 is 1.81 bits per heavy atom. The van der Waals surface area contributed by atoms with E-state index in [1.165, 1.54) is 0 Å². The molecule has 2 aromatic rings. The van der Waals surface area contributed by atoms with E-state index in [-0.39, 0.29) is 0 Å². The van der Waals surface area contributed by atoms with Crippen LogP contribution >= 0.6 is 0 Å². The van der Waals surface area contributed by atoms with Crippen LogP contribution < -0.4 is 10.4 Å². The Morgan fingerprint density at radius 1 is 0.935 bits per heavy atom. The first-order valence-electron chi connectivity index (χ1n) is 7.97. The molecule has 1 atom stereocenters. The Hall–Kier alpha value is -3.49. The smallest absolute Gasteiger partial charge is 0.477 e. The van der Waals surface area contributed by atoms with Gasteiger partial charge in [0, 0.05) is 16.6 Å². The lowest BCUT2D eigenvalue weighted by molar-refractivity contribution is -0.754. The largest absolute Gasteiger partial charge is 0.490 e. The molecule has 1 aromatic carbocycles. The summed E-state index contributed by atoms with van der Waals surface area (Å²) in [6, 6.07) is 9.21. The summed E-state index contributed by atoms with van der Waals surface area (Å²) in [5.74, 6) is -6.38. The maximum absolute atomic E-state index is 10.6. The molecule has 0 amide bonds. The minimum absolute atomic E-state index is 0.478. The maximum atomic E-state index is 10.6. The Labute approximate surface area is 169 Å². The van der Waals surface area contributed by atoms with Crippen molar-refractivity contribution in [3.63, 3.8) is 0 Å². The van der Waals surface area contributed by atoms with Crippen LogP contribution in [0, 0.1) is 0 Å². The summed E-state index contributed by atoms with van der Waals surface area (Å²) in [6.07, 6.45) is -7.83. The van der Waals surface area contributed by atoms with Crippen LogP contribution in [0.4, 0.5) is 26.3 Å². The van der Waals surface area contributed by atoms with Crippen molar-refractivity contribution in [1.29, 1.82) is 0 Å². The van der Waals surface area contributed by atoms with Gasteiger partial charge in [0.15, 0.2) is 18.8 Å².